The van der Waals surface area contributed by atoms with Crippen LogP contribution in [-0.2, 0) is 22.6 Å². The fourth-order valence-electron chi connectivity index (χ4n) is 6.58. The molecule has 8 N–H and O–H groups in total. The van der Waals surface area contributed by atoms with Gasteiger partial charge in [0.25, 0.3) is 10.8 Å². The zero-order valence-corrected chi connectivity index (χ0v) is 23.8. The van der Waals surface area contributed by atoms with Gasteiger partial charge in [-0.2, -0.15) is 0 Å². The number of ketones is 2. The van der Waals surface area contributed by atoms with Crippen LogP contribution < -0.4 is 16.0 Å². The van der Waals surface area contributed by atoms with Crippen molar-refractivity contribution >= 4 is 34.7 Å². The molecule has 0 radical (unpaired) electrons. The van der Waals surface area contributed by atoms with Gasteiger partial charge in [-0.25, -0.2) is 5.21 Å². The van der Waals surface area contributed by atoms with Crippen molar-refractivity contribution in [3.63, 3.8) is 0 Å². The van der Waals surface area contributed by atoms with Crippen molar-refractivity contribution in [3.8, 4) is 5.75 Å². The molecule has 1 aromatic heterocycles. The van der Waals surface area contributed by atoms with Gasteiger partial charge in [-0.15, -0.1) is 0 Å². The molecule has 0 saturated carbocycles. The third kappa shape index (κ3) is 4.30. The summed E-state index contributed by atoms with van der Waals surface area (Å²) in [4.78, 5) is 53.6. The lowest BCUT2D eigenvalue weighted by Gasteiger charge is -2.50. The summed E-state index contributed by atoms with van der Waals surface area (Å²) in [7, 11) is 6.60. The molecule has 3 aliphatic rings. The number of nitrogens with zero attached hydrogens (tertiary/aromatic N) is 3. The van der Waals surface area contributed by atoms with E-state index in [2.05, 4.69) is 5.32 Å². The summed E-state index contributed by atoms with van der Waals surface area (Å²) in [6, 6.07) is 3.21. The zero-order chi connectivity index (χ0) is 31.7. The Morgan fingerprint density at radius 3 is 2.42 bits per heavy atom. The average Bonchev–Trinajstić information content (AvgIpc) is 3.39. The second kappa shape index (κ2) is 10.1. The van der Waals surface area contributed by atoms with Gasteiger partial charge in [0.15, 0.2) is 11.4 Å². The minimum atomic E-state index is -2.74. The van der Waals surface area contributed by atoms with Crippen molar-refractivity contribution in [2.45, 2.75) is 31.0 Å². The van der Waals surface area contributed by atoms with Gasteiger partial charge in [-0.05, 0) is 50.6 Å². The number of carbonyl (C=O) groups is 3. The highest BCUT2D eigenvalue weighted by Crippen LogP contribution is 2.54. The largest absolute Gasteiger partial charge is 0.510 e. The molecule has 1 amide bonds. The first-order valence-electron chi connectivity index (χ1n) is 13.3. The van der Waals surface area contributed by atoms with Crippen LogP contribution in [0.25, 0.3) is 0 Å². The highest BCUT2D eigenvalue weighted by atomic mass is 16.6. The number of amides is 1. The number of furan rings is 1. The molecule has 3 aliphatic carbocycles. The van der Waals surface area contributed by atoms with Crippen LogP contribution in [0.3, 0.4) is 0 Å². The number of nitrogens with two attached hydrogens (primary N) is 1. The number of aromatic hydroxyl groups is 1. The average molecular weight is 599 g/mol. The van der Waals surface area contributed by atoms with Crippen molar-refractivity contribution in [1.29, 1.82) is 0 Å². The number of Topliss-reactive ketones (excluding diaryl/α,β-unsaturated/α-hetero) is 2. The molecular weight excluding hydrogens is 566 g/mol. The van der Waals surface area contributed by atoms with Crippen molar-refractivity contribution in [2.24, 2.45) is 17.6 Å². The van der Waals surface area contributed by atoms with Gasteiger partial charge >= 0.3 is 5.88 Å². The summed E-state index contributed by atoms with van der Waals surface area (Å²) in [5, 5.41) is 57.4. The molecule has 228 valence electrons. The molecule has 15 nitrogen and oxygen atoms in total. The molecule has 2 aromatic rings. The van der Waals surface area contributed by atoms with E-state index in [1.165, 1.54) is 17.0 Å². The normalized spacial score (nSPS) is 24.9. The number of carbonyl (C=O) groups excluding carboxylic acids is 3. The first-order valence-corrected chi connectivity index (χ1v) is 13.3. The Labute approximate surface area is 244 Å². The maximum atomic E-state index is 14.1. The highest BCUT2D eigenvalue weighted by Gasteiger charge is 2.63. The number of aliphatic hydroxyl groups excluding tert-OH is 2. The van der Waals surface area contributed by atoms with Gasteiger partial charge < -0.3 is 40.8 Å². The Hall–Kier alpha value is -4.89. The van der Waals surface area contributed by atoms with Gasteiger partial charge in [0.2, 0.25) is 5.78 Å². The number of benzene rings is 1. The van der Waals surface area contributed by atoms with Crippen molar-refractivity contribution < 1.29 is 49.4 Å². The van der Waals surface area contributed by atoms with Crippen LogP contribution in [0, 0.1) is 16.7 Å². The van der Waals surface area contributed by atoms with E-state index in [0.717, 1.165) is 0 Å². The SMILES string of the molecule is CN(C)c1cc(NCc2ccc([N+](=O)O)o2)c(O)c2c1C[C@H]1C[C@H]3[C@H](N(C)C)C(O)=C(C(N)=O)C(=O)[C@@]3(O)C(O)=C1C2=O. The smallest absolute Gasteiger partial charge is 0.480 e. The zero-order valence-electron chi connectivity index (χ0n) is 23.8. The number of fused-ring (bicyclic) bond motifs is 3. The van der Waals surface area contributed by atoms with E-state index in [9.17, 15) is 39.7 Å². The van der Waals surface area contributed by atoms with Crippen LogP contribution in [0.1, 0.15) is 28.1 Å². The summed E-state index contributed by atoms with van der Waals surface area (Å²) in [6.45, 7) is -0.0502. The van der Waals surface area contributed by atoms with Gasteiger partial charge in [0.05, 0.1) is 34.8 Å². The fourth-order valence-corrected chi connectivity index (χ4v) is 6.58. The number of hydrogen-bond acceptors (Lipinski definition) is 12. The predicted octanol–water partition coefficient (Wildman–Crippen LogP) is 1.19. The number of allylic oxidation sites excluding steroid dienone is 1. The summed E-state index contributed by atoms with van der Waals surface area (Å²) in [6.07, 6.45) is 0.106. The summed E-state index contributed by atoms with van der Waals surface area (Å²) in [5.74, 6) is -7.44. The molecule has 1 heterocycles. The highest BCUT2D eigenvalue weighted by molar-refractivity contribution is 6.25. The van der Waals surface area contributed by atoms with E-state index in [4.69, 9.17) is 15.4 Å². The van der Waals surface area contributed by atoms with Gasteiger partial charge in [0, 0.05) is 31.3 Å². The van der Waals surface area contributed by atoms with E-state index < -0.39 is 68.7 Å². The summed E-state index contributed by atoms with van der Waals surface area (Å²) >= 11 is 0. The number of phenolic OH excluding ortho intramolecular Hbond substituents is 1. The minimum Gasteiger partial charge on any atom is -0.510 e. The molecule has 43 heavy (non-hydrogen) atoms. The lowest BCUT2D eigenvalue weighted by Crippen LogP contribution is -2.63. The number of hydrogen-bond donors (Lipinski definition) is 7. The van der Waals surface area contributed by atoms with Crippen LogP contribution in [0.4, 0.5) is 17.3 Å². The molecule has 0 unspecified atom stereocenters. The quantitative estimate of drug-likeness (QED) is 0.135. The molecule has 4 atom stereocenters. The van der Waals surface area contributed by atoms with Gasteiger partial charge in [0.1, 0.15) is 28.6 Å². The standard InChI is InChI=1S/C28H31N5O10/c1-31(2)16-9-15(30-10-12-5-6-17(43-12)33(41)42)22(34)19-13(16)7-11-8-14-21(32(3)4)24(36)20(27(29)39)26(38)28(14,40)25(37)18(11)23(19)35/h5-6,9,11,14,21,30,40H,7-8,10H2,1-4H3,(H5-,29,34,35,36,37,38,39,41,42)/p+1/t11-,14-,21-,28-/m0/s1. The third-order valence-corrected chi connectivity index (χ3v) is 8.47. The van der Waals surface area contributed by atoms with Crippen LogP contribution in [-0.4, -0.2) is 92.8 Å². The van der Waals surface area contributed by atoms with Gasteiger partial charge in [-0.3, -0.25) is 19.3 Å². The predicted molar refractivity (Wildman–Crippen MR) is 149 cm³/mol. The number of aliphatic hydroxyl groups is 3. The molecular formula is C28H32N5O10+. The van der Waals surface area contributed by atoms with Crippen LogP contribution in [0.2, 0.25) is 0 Å². The number of nitrogens with one attached hydrogen (secondary N) is 1. The molecule has 0 spiro atoms. The maximum absolute atomic E-state index is 14.1. The van der Waals surface area contributed by atoms with Crippen LogP contribution in [0.5, 0.6) is 5.75 Å². The van der Waals surface area contributed by atoms with Crippen molar-refractivity contribution in [3.05, 3.63) is 62.7 Å². The van der Waals surface area contributed by atoms with Crippen molar-refractivity contribution in [1.82, 2.24) is 4.90 Å². The minimum absolute atomic E-state index is 0.0260. The Morgan fingerprint density at radius 1 is 1.19 bits per heavy atom. The molecule has 15 heteroatoms. The molecule has 0 fully saturated rings. The molecule has 0 bridgehead atoms. The molecule has 0 saturated heterocycles. The molecule has 0 aliphatic heterocycles. The second-order valence-electron chi connectivity index (χ2n) is 11.4. The van der Waals surface area contributed by atoms with Crippen LogP contribution in [0.15, 0.2) is 45.3 Å². The summed E-state index contributed by atoms with van der Waals surface area (Å²) in [5.41, 5.74) is 2.47. The number of anilines is 2. The Balaban J connectivity index is 1.63. The Bertz CT molecular complexity index is 1650. The Kier molecular flexibility index (Phi) is 6.97. The lowest BCUT2D eigenvalue weighted by atomic mass is 9.58. The first-order chi connectivity index (χ1) is 20.1. The number of rotatable bonds is 7. The van der Waals surface area contributed by atoms with Crippen molar-refractivity contribution in [2.75, 3.05) is 38.4 Å². The fraction of sp³-hybridized carbons (Fsp3) is 0.393. The third-order valence-electron chi connectivity index (χ3n) is 8.47. The Morgan fingerprint density at radius 2 is 1.86 bits per heavy atom. The molecule has 1 aromatic carbocycles. The van der Waals surface area contributed by atoms with E-state index in [1.807, 2.05) is 0 Å². The van der Waals surface area contributed by atoms with E-state index in [1.54, 1.807) is 39.2 Å². The van der Waals surface area contributed by atoms with E-state index >= 15 is 0 Å². The summed E-state index contributed by atoms with van der Waals surface area (Å²) < 4.78 is 5.22. The van der Waals surface area contributed by atoms with Gasteiger partial charge in [-0.1, -0.05) is 0 Å². The number of likely N-dealkylation sites (N-methyl/N-ethyl adjacent to an activating group) is 1. The molecule has 5 rings (SSSR count). The van der Waals surface area contributed by atoms with E-state index in [-0.39, 0.29) is 47.9 Å². The van der Waals surface area contributed by atoms with Crippen LogP contribution >= 0.6 is 0 Å². The second-order valence-corrected chi connectivity index (χ2v) is 11.4. The lowest BCUT2D eigenvalue weighted by molar-refractivity contribution is -0.737. The maximum Gasteiger partial charge on any atom is 0.480 e. The number of phenols is 1. The topological polar surface area (TPSA) is 230 Å². The number of primary amides is 1. The van der Waals surface area contributed by atoms with E-state index in [0.29, 0.717) is 11.3 Å². The first kappa shape index (κ1) is 29.6. The monoisotopic (exact) mass is 598 g/mol.